The van der Waals surface area contributed by atoms with Crippen molar-refractivity contribution in [3.05, 3.63) is 35.5 Å². The summed E-state index contributed by atoms with van der Waals surface area (Å²) in [7, 11) is 0. The van der Waals surface area contributed by atoms with Crippen molar-refractivity contribution in [3.8, 4) is 0 Å². The molecule has 0 aliphatic carbocycles. The van der Waals surface area contributed by atoms with E-state index in [1.165, 1.54) is 0 Å². The van der Waals surface area contributed by atoms with Crippen LogP contribution in [-0.4, -0.2) is 39.0 Å². The van der Waals surface area contributed by atoms with E-state index in [9.17, 15) is 4.79 Å². The Morgan fingerprint density at radius 1 is 1.37 bits per heavy atom. The quantitative estimate of drug-likeness (QED) is 0.710. The van der Waals surface area contributed by atoms with Crippen LogP contribution in [0.5, 0.6) is 0 Å². The van der Waals surface area contributed by atoms with Crippen molar-refractivity contribution in [2.45, 2.75) is 39.2 Å². The van der Waals surface area contributed by atoms with E-state index in [0.29, 0.717) is 28.9 Å². The Balaban J connectivity index is 0.00000210. The molecule has 3 heterocycles. The number of aryl methyl sites for hydroxylation is 1. The molecule has 0 bridgehead atoms. The average molecular weight is 391 g/mol. The highest BCUT2D eigenvalue weighted by molar-refractivity contribution is 6.04. The predicted molar refractivity (Wildman–Crippen MR) is 104 cm³/mol. The fraction of sp³-hybridized carbons (Fsp3) is 0.444. The van der Waals surface area contributed by atoms with E-state index in [4.69, 9.17) is 4.42 Å². The number of nitrogens with one attached hydrogen (secondary N) is 2. The molecule has 8 nitrogen and oxygen atoms in total. The number of anilines is 1. The van der Waals surface area contributed by atoms with Crippen molar-refractivity contribution in [1.82, 2.24) is 25.3 Å². The second-order valence-corrected chi connectivity index (χ2v) is 6.55. The first-order valence-corrected chi connectivity index (χ1v) is 8.99. The normalized spacial score (nSPS) is 14.9. The molecule has 0 radical (unpaired) electrons. The van der Waals surface area contributed by atoms with Crippen LogP contribution in [0.25, 0.3) is 11.1 Å². The number of rotatable bonds is 4. The minimum atomic E-state index is -0.263. The molecule has 0 saturated carbocycles. The van der Waals surface area contributed by atoms with Gasteiger partial charge in [0, 0.05) is 12.1 Å². The van der Waals surface area contributed by atoms with Crippen molar-refractivity contribution >= 4 is 35.1 Å². The highest BCUT2D eigenvalue weighted by Gasteiger charge is 2.23. The molecule has 2 aromatic heterocycles. The van der Waals surface area contributed by atoms with Gasteiger partial charge in [0.25, 0.3) is 5.91 Å². The number of halogens is 1. The molecule has 1 amide bonds. The third kappa shape index (κ3) is 3.81. The van der Waals surface area contributed by atoms with Gasteiger partial charge >= 0.3 is 0 Å². The molecule has 1 saturated heterocycles. The van der Waals surface area contributed by atoms with Crippen LogP contribution in [0.4, 0.5) is 5.69 Å². The first-order valence-electron chi connectivity index (χ1n) is 8.99. The lowest BCUT2D eigenvalue weighted by molar-refractivity contribution is 0.102. The zero-order valence-corrected chi connectivity index (χ0v) is 16.2. The maximum absolute atomic E-state index is 12.6. The van der Waals surface area contributed by atoms with E-state index in [1.807, 2.05) is 30.7 Å². The molecule has 1 aliphatic rings. The van der Waals surface area contributed by atoms with Gasteiger partial charge in [-0.15, -0.1) is 17.5 Å². The Kier molecular flexibility index (Phi) is 5.76. The largest absolute Gasteiger partial charge is 0.441 e. The van der Waals surface area contributed by atoms with Gasteiger partial charge in [0.1, 0.15) is 5.52 Å². The van der Waals surface area contributed by atoms with E-state index < -0.39 is 0 Å². The molecule has 144 valence electrons. The van der Waals surface area contributed by atoms with Crippen LogP contribution in [-0.2, 0) is 6.42 Å². The van der Waals surface area contributed by atoms with Crippen molar-refractivity contribution in [3.63, 3.8) is 0 Å². The molecule has 1 aromatic carbocycles. The zero-order chi connectivity index (χ0) is 18.1. The van der Waals surface area contributed by atoms with E-state index in [1.54, 1.807) is 6.07 Å². The van der Waals surface area contributed by atoms with Crippen molar-refractivity contribution in [2.24, 2.45) is 0 Å². The third-order valence-corrected chi connectivity index (χ3v) is 4.79. The molecule has 0 atom stereocenters. The van der Waals surface area contributed by atoms with E-state index >= 15 is 0 Å². The topological polar surface area (TPSA) is 97.9 Å². The number of amides is 1. The molecular weight excluding hydrogens is 368 g/mol. The summed E-state index contributed by atoms with van der Waals surface area (Å²) in [6.45, 7) is 5.80. The maximum atomic E-state index is 12.6. The summed E-state index contributed by atoms with van der Waals surface area (Å²) in [5.41, 5.74) is 3.26. The number of nitrogens with zero attached hydrogens (tertiary/aromatic N) is 4. The number of carbonyl (C=O) groups is 1. The van der Waals surface area contributed by atoms with E-state index in [0.717, 1.165) is 43.6 Å². The molecule has 0 spiro atoms. The van der Waals surface area contributed by atoms with Gasteiger partial charge in [-0.05, 0) is 51.1 Å². The lowest BCUT2D eigenvalue weighted by Gasteiger charge is -2.23. The smallest absolute Gasteiger partial charge is 0.278 e. The van der Waals surface area contributed by atoms with Gasteiger partial charge in [-0.25, -0.2) is 9.67 Å². The van der Waals surface area contributed by atoms with Gasteiger partial charge in [-0.2, -0.15) is 0 Å². The lowest BCUT2D eigenvalue weighted by atomic mass is 10.1. The molecule has 0 unspecified atom stereocenters. The minimum Gasteiger partial charge on any atom is -0.441 e. The highest BCUT2D eigenvalue weighted by atomic mass is 35.5. The number of hydrogen-bond acceptors (Lipinski definition) is 6. The Hall–Kier alpha value is -2.45. The van der Waals surface area contributed by atoms with Gasteiger partial charge in [0.15, 0.2) is 17.2 Å². The standard InChI is InChI=1S/C18H22N6O2.ClH/c1-3-16-21-14-10-12(4-5-15(14)26-16)20-18(25)17-11(2)24(23-22-17)13-6-8-19-9-7-13;/h4-5,10,13,19H,3,6-9H2,1-2H3,(H,20,25);1H. The summed E-state index contributed by atoms with van der Waals surface area (Å²) < 4.78 is 7.48. The van der Waals surface area contributed by atoms with E-state index in [-0.39, 0.29) is 18.3 Å². The summed E-state index contributed by atoms with van der Waals surface area (Å²) in [4.78, 5) is 17.0. The van der Waals surface area contributed by atoms with Gasteiger partial charge in [0.2, 0.25) is 0 Å². The summed E-state index contributed by atoms with van der Waals surface area (Å²) in [5.74, 6) is 0.422. The van der Waals surface area contributed by atoms with Crippen LogP contribution >= 0.6 is 12.4 Å². The summed E-state index contributed by atoms with van der Waals surface area (Å²) >= 11 is 0. The predicted octanol–water partition coefficient (Wildman–Crippen LogP) is 2.89. The Labute approximate surface area is 163 Å². The van der Waals surface area contributed by atoms with Gasteiger partial charge < -0.3 is 15.1 Å². The van der Waals surface area contributed by atoms with Crippen molar-refractivity contribution in [1.29, 1.82) is 0 Å². The van der Waals surface area contributed by atoms with Gasteiger partial charge in [-0.1, -0.05) is 12.1 Å². The fourth-order valence-corrected chi connectivity index (χ4v) is 3.34. The molecule has 1 aliphatic heterocycles. The molecular formula is C18H23ClN6O2. The molecule has 4 rings (SSSR count). The molecule has 27 heavy (non-hydrogen) atoms. The van der Waals surface area contributed by atoms with Crippen LogP contribution in [0, 0.1) is 6.92 Å². The highest BCUT2D eigenvalue weighted by Crippen LogP contribution is 2.23. The number of benzene rings is 1. The minimum absolute atomic E-state index is 0. The Bertz CT molecular complexity index is 945. The number of carbonyl (C=O) groups excluding carboxylic acids is 1. The first kappa shape index (κ1) is 19.3. The second kappa shape index (κ2) is 8.06. The average Bonchev–Trinajstić information content (AvgIpc) is 3.25. The summed E-state index contributed by atoms with van der Waals surface area (Å²) in [6, 6.07) is 5.72. The number of fused-ring (bicyclic) bond motifs is 1. The van der Waals surface area contributed by atoms with Crippen LogP contribution in [0.15, 0.2) is 22.6 Å². The van der Waals surface area contributed by atoms with Crippen molar-refractivity contribution in [2.75, 3.05) is 18.4 Å². The summed E-state index contributed by atoms with van der Waals surface area (Å²) in [6.07, 6.45) is 2.72. The Morgan fingerprint density at radius 3 is 2.89 bits per heavy atom. The summed E-state index contributed by atoms with van der Waals surface area (Å²) in [5, 5.41) is 14.5. The number of hydrogen-bond donors (Lipinski definition) is 2. The first-order chi connectivity index (χ1) is 12.7. The van der Waals surface area contributed by atoms with Crippen LogP contribution in [0.3, 0.4) is 0 Å². The van der Waals surface area contributed by atoms with Crippen LogP contribution < -0.4 is 10.6 Å². The van der Waals surface area contributed by atoms with Crippen LogP contribution in [0.1, 0.15) is 47.9 Å². The monoisotopic (exact) mass is 390 g/mol. The van der Waals surface area contributed by atoms with E-state index in [2.05, 4.69) is 25.9 Å². The Morgan fingerprint density at radius 2 is 2.15 bits per heavy atom. The molecule has 3 aromatic rings. The van der Waals surface area contributed by atoms with Crippen molar-refractivity contribution < 1.29 is 9.21 Å². The molecule has 9 heteroatoms. The molecule has 1 fully saturated rings. The number of aromatic nitrogens is 4. The number of oxazole rings is 1. The zero-order valence-electron chi connectivity index (χ0n) is 15.4. The lowest BCUT2D eigenvalue weighted by Crippen LogP contribution is -2.30. The fourth-order valence-electron chi connectivity index (χ4n) is 3.34. The van der Waals surface area contributed by atoms with Gasteiger partial charge in [-0.3, -0.25) is 4.79 Å². The third-order valence-electron chi connectivity index (χ3n) is 4.79. The SMILES string of the molecule is CCc1nc2cc(NC(=O)c3nnn(C4CCNCC4)c3C)ccc2o1.Cl. The maximum Gasteiger partial charge on any atom is 0.278 e. The molecule has 2 N–H and O–H groups in total. The second-order valence-electron chi connectivity index (χ2n) is 6.55. The van der Waals surface area contributed by atoms with Gasteiger partial charge in [0.05, 0.1) is 11.7 Å². The number of piperidine rings is 1. The van der Waals surface area contributed by atoms with Crippen LogP contribution in [0.2, 0.25) is 0 Å².